The maximum atomic E-state index is 5.36. The summed E-state index contributed by atoms with van der Waals surface area (Å²) in [7, 11) is 0. The quantitative estimate of drug-likeness (QED) is 0.834. The van der Waals surface area contributed by atoms with Gasteiger partial charge in [-0.3, -0.25) is 0 Å². The molecule has 0 radical (unpaired) electrons. The SMILES string of the molecule is Cl.c1coc(CCNC2CCN(CCc3cccs3)CC2)c1. The third-order valence-corrected chi connectivity index (χ3v) is 5.16. The van der Waals surface area contributed by atoms with E-state index in [2.05, 4.69) is 33.8 Å². The fraction of sp³-hybridized carbons (Fsp3) is 0.529. The van der Waals surface area contributed by atoms with Crippen LogP contribution in [0.4, 0.5) is 0 Å². The summed E-state index contributed by atoms with van der Waals surface area (Å²) in [5, 5.41) is 5.84. The Hall–Kier alpha value is -0.810. The van der Waals surface area contributed by atoms with E-state index < -0.39 is 0 Å². The number of nitrogens with one attached hydrogen (secondary N) is 1. The molecule has 1 fully saturated rings. The van der Waals surface area contributed by atoms with Gasteiger partial charge in [0.1, 0.15) is 5.76 Å². The van der Waals surface area contributed by atoms with Crippen molar-refractivity contribution < 1.29 is 4.42 Å². The first-order valence-corrected chi connectivity index (χ1v) is 8.78. The van der Waals surface area contributed by atoms with Crippen LogP contribution >= 0.6 is 23.7 Å². The summed E-state index contributed by atoms with van der Waals surface area (Å²) in [6, 6.07) is 9.08. The van der Waals surface area contributed by atoms with Gasteiger partial charge >= 0.3 is 0 Å². The number of piperidine rings is 1. The maximum absolute atomic E-state index is 5.36. The van der Waals surface area contributed by atoms with Gasteiger partial charge in [0, 0.05) is 30.4 Å². The number of furan rings is 1. The molecule has 1 N–H and O–H groups in total. The van der Waals surface area contributed by atoms with E-state index in [1.165, 1.54) is 43.8 Å². The fourth-order valence-electron chi connectivity index (χ4n) is 2.94. The smallest absolute Gasteiger partial charge is 0.105 e. The first-order chi connectivity index (χ1) is 10.4. The van der Waals surface area contributed by atoms with E-state index in [1.54, 1.807) is 6.26 Å². The summed E-state index contributed by atoms with van der Waals surface area (Å²) in [6.45, 7) is 4.68. The van der Waals surface area contributed by atoms with Gasteiger partial charge < -0.3 is 14.6 Å². The maximum Gasteiger partial charge on any atom is 0.105 e. The molecular formula is C17H25ClN2OS. The molecule has 0 aliphatic carbocycles. The lowest BCUT2D eigenvalue weighted by Gasteiger charge is -2.32. The van der Waals surface area contributed by atoms with Gasteiger partial charge in [0.2, 0.25) is 0 Å². The monoisotopic (exact) mass is 340 g/mol. The zero-order valence-electron chi connectivity index (χ0n) is 12.9. The average Bonchev–Trinajstić information content (AvgIpc) is 3.20. The zero-order chi connectivity index (χ0) is 14.3. The van der Waals surface area contributed by atoms with E-state index in [9.17, 15) is 0 Å². The summed E-state index contributed by atoms with van der Waals surface area (Å²) in [5.74, 6) is 1.08. The van der Waals surface area contributed by atoms with Crippen molar-refractivity contribution in [3.05, 3.63) is 46.5 Å². The Morgan fingerprint density at radius 2 is 2.05 bits per heavy atom. The van der Waals surface area contributed by atoms with Crippen molar-refractivity contribution >= 4 is 23.7 Å². The molecule has 2 aromatic rings. The third-order valence-electron chi connectivity index (χ3n) is 4.23. The second-order valence-corrected chi connectivity index (χ2v) is 6.76. The van der Waals surface area contributed by atoms with Crippen molar-refractivity contribution in [1.29, 1.82) is 0 Å². The highest BCUT2D eigenvalue weighted by Crippen LogP contribution is 2.14. The minimum Gasteiger partial charge on any atom is -0.469 e. The number of likely N-dealkylation sites (tertiary alicyclic amines) is 1. The van der Waals surface area contributed by atoms with Crippen molar-refractivity contribution in [3.63, 3.8) is 0 Å². The Kier molecular flexibility index (Phi) is 7.46. The summed E-state index contributed by atoms with van der Waals surface area (Å²) in [6.07, 6.45) is 6.48. The van der Waals surface area contributed by atoms with Crippen LogP contribution in [-0.4, -0.2) is 37.1 Å². The Bertz CT molecular complexity index is 493. The lowest BCUT2D eigenvalue weighted by Crippen LogP contribution is -2.43. The molecule has 0 atom stereocenters. The molecule has 0 spiro atoms. The molecule has 1 aliphatic heterocycles. The van der Waals surface area contributed by atoms with E-state index in [-0.39, 0.29) is 12.4 Å². The first-order valence-electron chi connectivity index (χ1n) is 7.90. The van der Waals surface area contributed by atoms with Gasteiger partial charge in [0.25, 0.3) is 0 Å². The second kappa shape index (κ2) is 9.36. The fourth-order valence-corrected chi connectivity index (χ4v) is 3.64. The van der Waals surface area contributed by atoms with E-state index >= 15 is 0 Å². The predicted molar refractivity (Wildman–Crippen MR) is 95.1 cm³/mol. The van der Waals surface area contributed by atoms with Gasteiger partial charge in [0.15, 0.2) is 0 Å². The normalized spacial score (nSPS) is 16.5. The topological polar surface area (TPSA) is 28.4 Å². The number of halogens is 1. The van der Waals surface area contributed by atoms with Crippen molar-refractivity contribution in [2.45, 2.75) is 31.7 Å². The molecule has 122 valence electrons. The summed E-state index contributed by atoms with van der Waals surface area (Å²) >= 11 is 1.87. The van der Waals surface area contributed by atoms with Crippen LogP contribution in [0, 0.1) is 0 Å². The molecule has 22 heavy (non-hydrogen) atoms. The van der Waals surface area contributed by atoms with E-state index in [1.807, 2.05) is 17.4 Å². The molecule has 0 aromatic carbocycles. The van der Waals surface area contributed by atoms with Crippen molar-refractivity contribution in [2.24, 2.45) is 0 Å². The molecular weight excluding hydrogens is 316 g/mol. The van der Waals surface area contributed by atoms with Crippen LogP contribution in [0.3, 0.4) is 0 Å². The third kappa shape index (κ3) is 5.43. The van der Waals surface area contributed by atoms with Gasteiger partial charge in [-0.1, -0.05) is 6.07 Å². The van der Waals surface area contributed by atoms with Crippen LogP contribution < -0.4 is 5.32 Å². The first kappa shape index (κ1) is 17.5. The van der Waals surface area contributed by atoms with Crippen LogP contribution in [0.5, 0.6) is 0 Å². The number of hydrogen-bond donors (Lipinski definition) is 1. The number of rotatable bonds is 7. The second-order valence-electron chi connectivity index (χ2n) is 5.73. The molecule has 3 nitrogen and oxygen atoms in total. The standard InChI is InChI=1S/C17H24N2OS.ClH/c1-3-16(20-13-1)5-9-18-15-6-10-19(11-7-15)12-8-17-4-2-14-21-17;/h1-4,13-15,18H,5-12H2;1H. The van der Waals surface area contributed by atoms with E-state index in [0.717, 1.165) is 18.7 Å². The van der Waals surface area contributed by atoms with Gasteiger partial charge in [0.05, 0.1) is 6.26 Å². The highest BCUT2D eigenvalue weighted by Gasteiger charge is 2.18. The van der Waals surface area contributed by atoms with E-state index in [4.69, 9.17) is 4.42 Å². The van der Waals surface area contributed by atoms with Crippen molar-refractivity contribution in [2.75, 3.05) is 26.2 Å². The highest BCUT2D eigenvalue weighted by molar-refractivity contribution is 7.09. The zero-order valence-corrected chi connectivity index (χ0v) is 14.5. The van der Waals surface area contributed by atoms with E-state index in [0.29, 0.717) is 6.04 Å². The van der Waals surface area contributed by atoms with Gasteiger partial charge in [-0.15, -0.1) is 23.7 Å². The van der Waals surface area contributed by atoms with Gasteiger partial charge in [-0.2, -0.15) is 0 Å². The molecule has 5 heteroatoms. The molecule has 0 amide bonds. The minimum absolute atomic E-state index is 0. The van der Waals surface area contributed by atoms with Crippen LogP contribution in [0.25, 0.3) is 0 Å². The summed E-state index contributed by atoms with van der Waals surface area (Å²) < 4.78 is 5.36. The molecule has 3 rings (SSSR count). The Labute approximate surface area is 143 Å². The Morgan fingerprint density at radius 3 is 2.73 bits per heavy atom. The molecule has 0 bridgehead atoms. The Balaban J connectivity index is 0.00000176. The summed E-state index contributed by atoms with van der Waals surface area (Å²) in [4.78, 5) is 4.11. The van der Waals surface area contributed by atoms with Crippen LogP contribution in [0.1, 0.15) is 23.5 Å². The molecule has 0 unspecified atom stereocenters. The number of nitrogens with zero attached hydrogens (tertiary/aromatic N) is 1. The molecule has 0 saturated carbocycles. The van der Waals surface area contributed by atoms with Gasteiger partial charge in [-0.05, 0) is 55.9 Å². The van der Waals surface area contributed by atoms with Crippen LogP contribution in [-0.2, 0) is 12.8 Å². The number of thiophene rings is 1. The Morgan fingerprint density at radius 1 is 1.18 bits per heavy atom. The van der Waals surface area contributed by atoms with Crippen LogP contribution in [0.15, 0.2) is 40.3 Å². The molecule has 1 aliphatic rings. The van der Waals surface area contributed by atoms with Crippen molar-refractivity contribution in [1.82, 2.24) is 10.2 Å². The lowest BCUT2D eigenvalue weighted by molar-refractivity contribution is 0.200. The summed E-state index contributed by atoms with van der Waals surface area (Å²) in [5.41, 5.74) is 0. The molecule has 3 heterocycles. The van der Waals surface area contributed by atoms with Crippen molar-refractivity contribution in [3.8, 4) is 0 Å². The highest BCUT2D eigenvalue weighted by atomic mass is 35.5. The largest absolute Gasteiger partial charge is 0.469 e. The number of hydrogen-bond acceptors (Lipinski definition) is 4. The minimum atomic E-state index is 0. The molecule has 2 aromatic heterocycles. The van der Waals surface area contributed by atoms with Gasteiger partial charge in [-0.25, -0.2) is 0 Å². The average molecular weight is 341 g/mol. The van der Waals surface area contributed by atoms with Crippen LogP contribution in [0.2, 0.25) is 0 Å². The lowest BCUT2D eigenvalue weighted by atomic mass is 10.0. The molecule has 1 saturated heterocycles. The predicted octanol–water partition coefficient (Wildman–Crippen LogP) is 3.60.